The maximum atomic E-state index is 12.4. The number of aliphatic hydroxyl groups excluding tert-OH is 1. The SMILES string of the molecule is Cc1oc(C(=O)N2CCC(N)CC2)cc1CN(C)CCO. The van der Waals surface area contributed by atoms with Gasteiger partial charge in [0, 0.05) is 37.8 Å². The van der Waals surface area contributed by atoms with Crippen LogP contribution in [0.4, 0.5) is 0 Å². The molecule has 1 saturated heterocycles. The van der Waals surface area contributed by atoms with Crippen LogP contribution in [0.2, 0.25) is 0 Å². The van der Waals surface area contributed by atoms with E-state index in [0.717, 1.165) is 24.2 Å². The summed E-state index contributed by atoms with van der Waals surface area (Å²) < 4.78 is 5.62. The number of aryl methyl sites for hydroxylation is 1. The van der Waals surface area contributed by atoms with Crippen LogP contribution in [0.1, 0.15) is 34.7 Å². The van der Waals surface area contributed by atoms with E-state index in [0.29, 0.717) is 31.9 Å². The number of carbonyl (C=O) groups excluding carboxylic acids is 1. The van der Waals surface area contributed by atoms with Crippen molar-refractivity contribution in [3.8, 4) is 0 Å². The van der Waals surface area contributed by atoms with Crippen LogP contribution in [0.5, 0.6) is 0 Å². The zero-order valence-electron chi connectivity index (χ0n) is 12.8. The first kappa shape index (κ1) is 16.0. The number of amides is 1. The van der Waals surface area contributed by atoms with E-state index in [4.69, 9.17) is 15.3 Å². The highest BCUT2D eigenvalue weighted by Crippen LogP contribution is 2.19. The number of hydrogen-bond donors (Lipinski definition) is 2. The Balaban J connectivity index is 2.02. The van der Waals surface area contributed by atoms with E-state index in [9.17, 15) is 4.79 Å². The molecule has 1 aromatic rings. The van der Waals surface area contributed by atoms with E-state index in [1.807, 2.05) is 29.8 Å². The molecule has 0 saturated carbocycles. The van der Waals surface area contributed by atoms with Crippen LogP contribution in [0.3, 0.4) is 0 Å². The van der Waals surface area contributed by atoms with Crippen LogP contribution in [-0.4, -0.2) is 60.1 Å². The van der Waals surface area contributed by atoms with Crippen molar-refractivity contribution in [2.75, 3.05) is 33.3 Å². The molecule has 0 radical (unpaired) electrons. The molecule has 1 amide bonds. The maximum Gasteiger partial charge on any atom is 0.289 e. The van der Waals surface area contributed by atoms with E-state index in [1.54, 1.807) is 0 Å². The van der Waals surface area contributed by atoms with Gasteiger partial charge in [-0.1, -0.05) is 0 Å². The smallest absolute Gasteiger partial charge is 0.289 e. The third-order valence-corrected chi connectivity index (χ3v) is 3.98. The van der Waals surface area contributed by atoms with E-state index in [-0.39, 0.29) is 18.6 Å². The van der Waals surface area contributed by atoms with Crippen LogP contribution in [0.25, 0.3) is 0 Å². The average molecular weight is 295 g/mol. The first-order valence-corrected chi connectivity index (χ1v) is 7.45. The minimum absolute atomic E-state index is 0.0546. The number of hydrogen-bond acceptors (Lipinski definition) is 5. The van der Waals surface area contributed by atoms with Gasteiger partial charge in [0.15, 0.2) is 5.76 Å². The summed E-state index contributed by atoms with van der Waals surface area (Å²) in [5.74, 6) is 1.10. The van der Waals surface area contributed by atoms with E-state index in [2.05, 4.69) is 0 Å². The molecule has 0 aliphatic carbocycles. The summed E-state index contributed by atoms with van der Waals surface area (Å²) in [5.41, 5.74) is 6.85. The van der Waals surface area contributed by atoms with Gasteiger partial charge < -0.3 is 20.2 Å². The van der Waals surface area contributed by atoms with Gasteiger partial charge in [0.05, 0.1) is 6.61 Å². The molecule has 0 bridgehead atoms. The van der Waals surface area contributed by atoms with Gasteiger partial charge in [-0.05, 0) is 32.9 Å². The van der Waals surface area contributed by atoms with Gasteiger partial charge in [-0.15, -0.1) is 0 Å². The lowest BCUT2D eigenvalue weighted by Crippen LogP contribution is -2.42. The lowest BCUT2D eigenvalue weighted by molar-refractivity contribution is 0.0681. The number of likely N-dealkylation sites (tertiary alicyclic amines) is 1. The van der Waals surface area contributed by atoms with Crippen molar-refractivity contribution in [1.29, 1.82) is 0 Å². The van der Waals surface area contributed by atoms with Gasteiger partial charge in [-0.3, -0.25) is 9.69 Å². The Kier molecular flexibility index (Phi) is 5.39. The normalized spacial score (nSPS) is 16.7. The first-order chi connectivity index (χ1) is 10.0. The molecule has 1 aliphatic rings. The molecule has 1 aliphatic heterocycles. The Bertz CT molecular complexity index is 479. The molecule has 6 nitrogen and oxygen atoms in total. The number of aliphatic hydroxyl groups is 1. The van der Waals surface area contributed by atoms with E-state index < -0.39 is 0 Å². The molecule has 0 atom stereocenters. The lowest BCUT2D eigenvalue weighted by Gasteiger charge is -2.29. The van der Waals surface area contributed by atoms with Crippen molar-refractivity contribution in [3.05, 3.63) is 23.2 Å². The first-order valence-electron chi connectivity index (χ1n) is 7.45. The van der Waals surface area contributed by atoms with Gasteiger partial charge in [0.2, 0.25) is 0 Å². The molecule has 2 heterocycles. The van der Waals surface area contributed by atoms with Gasteiger partial charge in [-0.25, -0.2) is 0 Å². The topological polar surface area (TPSA) is 82.9 Å². The van der Waals surface area contributed by atoms with Gasteiger partial charge in [-0.2, -0.15) is 0 Å². The third-order valence-electron chi connectivity index (χ3n) is 3.98. The summed E-state index contributed by atoms with van der Waals surface area (Å²) in [6, 6.07) is 2.02. The molecular formula is C15H25N3O3. The van der Waals surface area contributed by atoms with Gasteiger partial charge in [0.25, 0.3) is 5.91 Å². The molecule has 0 spiro atoms. The number of rotatable bonds is 5. The van der Waals surface area contributed by atoms with Crippen LogP contribution in [0.15, 0.2) is 10.5 Å². The van der Waals surface area contributed by atoms with E-state index in [1.165, 1.54) is 0 Å². The number of carbonyl (C=O) groups is 1. The predicted octanol–water partition coefficient (Wildman–Crippen LogP) is 0.575. The molecule has 118 valence electrons. The number of piperidine rings is 1. The third kappa shape index (κ3) is 4.06. The Morgan fingerprint density at radius 1 is 1.52 bits per heavy atom. The summed E-state index contributed by atoms with van der Waals surface area (Å²) in [6.45, 7) is 4.63. The van der Waals surface area contributed by atoms with Crippen LogP contribution in [0, 0.1) is 6.92 Å². The largest absolute Gasteiger partial charge is 0.456 e. The fourth-order valence-electron chi connectivity index (χ4n) is 2.58. The molecular weight excluding hydrogens is 270 g/mol. The van der Waals surface area contributed by atoms with Crippen molar-refractivity contribution in [2.45, 2.75) is 32.4 Å². The van der Waals surface area contributed by atoms with Crippen molar-refractivity contribution in [3.63, 3.8) is 0 Å². The number of likely N-dealkylation sites (N-methyl/N-ethyl adjacent to an activating group) is 1. The highest BCUT2D eigenvalue weighted by molar-refractivity contribution is 5.91. The highest BCUT2D eigenvalue weighted by Gasteiger charge is 2.24. The molecule has 21 heavy (non-hydrogen) atoms. The zero-order valence-corrected chi connectivity index (χ0v) is 12.8. The summed E-state index contributed by atoms with van der Waals surface area (Å²) in [6.07, 6.45) is 1.69. The Morgan fingerprint density at radius 3 is 2.81 bits per heavy atom. The number of furan rings is 1. The van der Waals surface area contributed by atoms with E-state index >= 15 is 0 Å². The minimum Gasteiger partial charge on any atom is -0.456 e. The summed E-state index contributed by atoms with van der Waals surface area (Å²) in [7, 11) is 1.93. The second-order valence-corrected chi connectivity index (χ2v) is 5.78. The molecule has 2 rings (SSSR count). The summed E-state index contributed by atoms with van der Waals surface area (Å²) >= 11 is 0. The molecule has 3 N–H and O–H groups in total. The second-order valence-electron chi connectivity index (χ2n) is 5.78. The molecule has 1 fully saturated rings. The number of nitrogens with zero attached hydrogens (tertiary/aromatic N) is 2. The Morgan fingerprint density at radius 2 is 2.19 bits per heavy atom. The summed E-state index contributed by atoms with van der Waals surface area (Å²) in [4.78, 5) is 16.2. The lowest BCUT2D eigenvalue weighted by atomic mass is 10.1. The molecule has 0 unspecified atom stereocenters. The minimum atomic E-state index is -0.0546. The van der Waals surface area contributed by atoms with Crippen molar-refractivity contribution in [1.82, 2.24) is 9.80 Å². The van der Waals surface area contributed by atoms with Crippen LogP contribution in [-0.2, 0) is 6.54 Å². The fourth-order valence-corrected chi connectivity index (χ4v) is 2.58. The maximum absolute atomic E-state index is 12.4. The standard InChI is InChI=1S/C15H25N3O3/c1-11-12(10-17(2)7-8-19)9-14(21-11)15(20)18-5-3-13(16)4-6-18/h9,13,19H,3-8,10,16H2,1-2H3. The summed E-state index contributed by atoms with van der Waals surface area (Å²) in [5, 5.41) is 8.93. The zero-order chi connectivity index (χ0) is 15.4. The van der Waals surface area contributed by atoms with Crippen molar-refractivity contribution < 1.29 is 14.3 Å². The van der Waals surface area contributed by atoms with Crippen molar-refractivity contribution >= 4 is 5.91 Å². The van der Waals surface area contributed by atoms with Crippen LogP contribution < -0.4 is 5.73 Å². The molecule has 6 heteroatoms. The quantitative estimate of drug-likeness (QED) is 0.830. The van der Waals surface area contributed by atoms with Gasteiger partial charge in [0.1, 0.15) is 5.76 Å². The average Bonchev–Trinajstić information content (AvgIpc) is 2.80. The highest BCUT2D eigenvalue weighted by atomic mass is 16.4. The molecule has 1 aromatic heterocycles. The predicted molar refractivity (Wildman–Crippen MR) is 80.0 cm³/mol. The Labute approximate surface area is 125 Å². The van der Waals surface area contributed by atoms with Crippen molar-refractivity contribution in [2.24, 2.45) is 5.73 Å². The van der Waals surface area contributed by atoms with Gasteiger partial charge >= 0.3 is 0 Å². The molecule has 0 aromatic carbocycles. The monoisotopic (exact) mass is 295 g/mol. The second kappa shape index (κ2) is 7.06. The number of nitrogens with two attached hydrogens (primary N) is 1. The Hall–Kier alpha value is -1.37. The fraction of sp³-hybridized carbons (Fsp3) is 0.667. The van der Waals surface area contributed by atoms with Crippen LogP contribution >= 0.6 is 0 Å².